The van der Waals surface area contributed by atoms with E-state index in [1.54, 1.807) is 0 Å². The summed E-state index contributed by atoms with van der Waals surface area (Å²) in [4.78, 5) is 10.3. The predicted octanol–water partition coefficient (Wildman–Crippen LogP) is -0.964. The second-order valence-electron chi connectivity index (χ2n) is 2.61. The van der Waals surface area contributed by atoms with Gasteiger partial charge in [0.2, 0.25) is 5.91 Å². The quantitative estimate of drug-likeness (QED) is 0.441. The molecule has 2 nitrogen and oxygen atoms in total. The van der Waals surface area contributed by atoms with Crippen molar-refractivity contribution in [1.82, 2.24) is 0 Å². The molecule has 7 heavy (non-hydrogen) atoms. The van der Waals surface area contributed by atoms with Crippen LogP contribution in [-0.2, 0) is 4.79 Å². The molecule has 0 aromatic carbocycles. The lowest BCUT2D eigenvalue weighted by Gasteiger charge is -2.10. The van der Waals surface area contributed by atoms with Crippen LogP contribution in [0.1, 0.15) is 13.8 Å². The molecule has 0 saturated carbocycles. The second-order valence-corrected chi connectivity index (χ2v) is 5.11. The molecular weight excluding hydrogens is 106 g/mol. The lowest BCUT2D eigenvalue weighted by Crippen LogP contribution is -2.25. The first-order valence-corrected chi connectivity index (χ1v) is 3.24. The van der Waals surface area contributed by atoms with Crippen LogP contribution < -0.4 is 5.73 Å². The van der Waals surface area contributed by atoms with Gasteiger partial charge >= 0.3 is 0 Å². The Kier molecular flexibility index (Phi) is 1.58. The smallest absolute Gasteiger partial charge is 0.219 e. The van der Waals surface area contributed by atoms with Gasteiger partial charge in [-0.1, -0.05) is 13.8 Å². The Balaban J connectivity index is 3.79. The molecule has 0 spiro atoms. The van der Waals surface area contributed by atoms with Crippen LogP contribution in [0.25, 0.3) is 0 Å². The number of carbonyl (C=O) groups is 1. The molecule has 0 unspecified atom stereocenters. The minimum atomic E-state index is -0.222. The van der Waals surface area contributed by atoms with Crippen LogP contribution in [0.2, 0.25) is 5.04 Å². The van der Waals surface area contributed by atoms with Gasteiger partial charge in [-0.2, -0.15) is 0 Å². The molecule has 0 aliphatic carbocycles. The first kappa shape index (κ1) is 6.69. The van der Waals surface area contributed by atoms with Crippen molar-refractivity contribution in [1.29, 1.82) is 0 Å². The molecule has 0 fully saturated rings. The average Bonchev–Trinajstić information content (AvgIpc) is 1.31. The van der Waals surface area contributed by atoms with Crippen molar-refractivity contribution in [3.05, 3.63) is 0 Å². The molecule has 0 aliphatic heterocycles. The summed E-state index contributed by atoms with van der Waals surface area (Å²) in [5.74, 6) is -0.195. The van der Waals surface area contributed by atoms with Crippen molar-refractivity contribution < 1.29 is 4.79 Å². The summed E-state index contributed by atoms with van der Waals surface area (Å²) in [6.45, 7) is 3.70. The molecule has 0 aromatic rings. The number of hydrogen-bond donors (Lipinski definition) is 1. The maximum Gasteiger partial charge on any atom is 0.219 e. The SMILES string of the molecule is CC(C)([SiH3])C(N)=O. The number of amides is 1. The Morgan fingerprint density at radius 1 is 1.71 bits per heavy atom. The highest BCUT2D eigenvalue weighted by atomic mass is 28.1. The van der Waals surface area contributed by atoms with Gasteiger partial charge in [-0.15, -0.1) is 0 Å². The van der Waals surface area contributed by atoms with Crippen LogP contribution in [0.3, 0.4) is 0 Å². The molecule has 0 saturated heterocycles. The fourth-order valence-electron chi connectivity index (χ4n) is 0. The first-order valence-electron chi connectivity index (χ1n) is 2.24. The number of hydrogen-bond acceptors (Lipinski definition) is 1. The normalized spacial score (nSPS) is 11.7. The zero-order chi connectivity index (χ0) is 6.08. The summed E-state index contributed by atoms with van der Waals surface area (Å²) in [7, 11) is 0.838. The van der Waals surface area contributed by atoms with Crippen molar-refractivity contribution in [2.45, 2.75) is 18.9 Å². The molecule has 0 bridgehead atoms. The Morgan fingerprint density at radius 3 is 1.86 bits per heavy atom. The third-order valence-electron chi connectivity index (χ3n) is 0.739. The standard InChI is InChI=1S/C4H11NOSi/c1-4(2,7)3(5)6/h1-2,7H3,(H2,5,6). The van der Waals surface area contributed by atoms with Crippen LogP contribution in [0, 0.1) is 0 Å². The number of nitrogens with two attached hydrogens (primary N) is 1. The van der Waals surface area contributed by atoms with E-state index in [1.165, 1.54) is 0 Å². The van der Waals surface area contributed by atoms with E-state index in [0.717, 1.165) is 10.2 Å². The monoisotopic (exact) mass is 117 g/mol. The van der Waals surface area contributed by atoms with Crippen LogP contribution in [0.5, 0.6) is 0 Å². The van der Waals surface area contributed by atoms with Crippen LogP contribution in [-0.4, -0.2) is 16.1 Å². The van der Waals surface area contributed by atoms with Gasteiger partial charge in [-0.05, 0) is 0 Å². The summed E-state index contributed by atoms with van der Waals surface area (Å²) in [5.41, 5.74) is 4.97. The summed E-state index contributed by atoms with van der Waals surface area (Å²) in [6, 6.07) is 0. The van der Waals surface area contributed by atoms with Gasteiger partial charge in [-0.3, -0.25) is 4.79 Å². The zero-order valence-corrected chi connectivity index (χ0v) is 6.99. The van der Waals surface area contributed by atoms with E-state index in [9.17, 15) is 4.79 Å². The molecule has 0 aliphatic rings. The summed E-state index contributed by atoms with van der Waals surface area (Å²) in [6.07, 6.45) is 0. The first-order chi connectivity index (χ1) is 2.94. The molecule has 42 valence electrons. The fraction of sp³-hybridized carbons (Fsp3) is 0.750. The van der Waals surface area contributed by atoms with Crippen molar-refractivity contribution >= 4 is 16.1 Å². The second kappa shape index (κ2) is 1.66. The van der Waals surface area contributed by atoms with Gasteiger partial charge in [0, 0.05) is 15.3 Å². The van der Waals surface area contributed by atoms with Gasteiger partial charge in [0.1, 0.15) is 0 Å². The maximum atomic E-state index is 10.3. The van der Waals surface area contributed by atoms with Crippen LogP contribution in [0.4, 0.5) is 0 Å². The summed E-state index contributed by atoms with van der Waals surface area (Å²) >= 11 is 0. The molecule has 0 atom stereocenters. The highest BCUT2D eigenvalue weighted by molar-refractivity contribution is 6.27. The largest absolute Gasteiger partial charge is 0.369 e. The maximum absolute atomic E-state index is 10.3. The van der Waals surface area contributed by atoms with E-state index in [-0.39, 0.29) is 10.9 Å². The highest BCUT2D eigenvalue weighted by Crippen LogP contribution is 2.14. The molecule has 0 rings (SSSR count). The Labute approximate surface area is 46.5 Å². The molecule has 0 radical (unpaired) electrons. The van der Waals surface area contributed by atoms with Gasteiger partial charge in [0.25, 0.3) is 0 Å². The highest BCUT2D eigenvalue weighted by Gasteiger charge is 2.16. The third kappa shape index (κ3) is 2.39. The van der Waals surface area contributed by atoms with Crippen LogP contribution in [0.15, 0.2) is 0 Å². The Bertz CT molecular complexity index is 84.2. The molecule has 1 amide bonds. The number of carbonyl (C=O) groups excluding carboxylic acids is 1. The van der Waals surface area contributed by atoms with Gasteiger partial charge in [-0.25, -0.2) is 0 Å². The zero-order valence-electron chi connectivity index (χ0n) is 4.99. The average molecular weight is 117 g/mol. The van der Waals surface area contributed by atoms with Crippen molar-refractivity contribution in [3.8, 4) is 0 Å². The van der Waals surface area contributed by atoms with Crippen molar-refractivity contribution in [3.63, 3.8) is 0 Å². The molecule has 2 N–H and O–H groups in total. The molecule has 3 heteroatoms. The van der Waals surface area contributed by atoms with E-state index in [1.807, 2.05) is 13.8 Å². The number of rotatable bonds is 1. The minimum Gasteiger partial charge on any atom is -0.369 e. The van der Waals surface area contributed by atoms with E-state index in [4.69, 9.17) is 5.73 Å². The molecule has 0 heterocycles. The van der Waals surface area contributed by atoms with E-state index < -0.39 is 0 Å². The van der Waals surface area contributed by atoms with E-state index in [0.29, 0.717) is 0 Å². The number of primary amides is 1. The Morgan fingerprint density at radius 2 is 1.86 bits per heavy atom. The van der Waals surface area contributed by atoms with E-state index >= 15 is 0 Å². The molecule has 0 aromatic heterocycles. The summed E-state index contributed by atoms with van der Waals surface area (Å²) in [5, 5.41) is -0.222. The lowest BCUT2D eigenvalue weighted by molar-refractivity contribution is -0.120. The van der Waals surface area contributed by atoms with Crippen molar-refractivity contribution in [2.24, 2.45) is 5.73 Å². The fourth-order valence-corrected chi connectivity index (χ4v) is 0. The minimum absolute atomic E-state index is 0.195. The third-order valence-corrected chi connectivity index (χ3v) is 1.23. The van der Waals surface area contributed by atoms with Gasteiger partial charge < -0.3 is 5.73 Å². The lowest BCUT2D eigenvalue weighted by atomic mass is 10.2. The van der Waals surface area contributed by atoms with Gasteiger partial charge in [0.15, 0.2) is 0 Å². The summed E-state index contributed by atoms with van der Waals surface area (Å²) < 4.78 is 0. The van der Waals surface area contributed by atoms with Crippen molar-refractivity contribution in [2.75, 3.05) is 0 Å². The van der Waals surface area contributed by atoms with E-state index in [2.05, 4.69) is 0 Å². The molecular formula is C4H11NOSi. The van der Waals surface area contributed by atoms with Crippen LogP contribution >= 0.6 is 0 Å². The topological polar surface area (TPSA) is 43.1 Å². The predicted molar refractivity (Wildman–Crippen MR) is 33.2 cm³/mol. The Hall–Kier alpha value is -0.313. The van der Waals surface area contributed by atoms with Gasteiger partial charge in [0.05, 0.1) is 0 Å².